The molecular formula is C28H36Cl2F3N3O3. The van der Waals surface area contributed by atoms with Crippen LogP contribution in [-0.2, 0) is 11.6 Å². The number of likely N-dealkylation sites (tertiary alicyclic amines) is 1. The Kier molecular flexibility index (Phi) is 9.61. The summed E-state index contributed by atoms with van der Waals surface area (Å²) in [5, 5.41) is 2.28. The van der Waals surface area contributed by atoms with Crippen LogP contribution in [-0.4, -0.2) is 61.8 Å². The molecule has 0 unspecified atom stereocenters. The summed E-state index contributed by atoms with van der Waals surface area (Å²) in [5.74, 6) is 1.38. The van der Waals surface area contributed by atoms with Gasteiger partial charge in [0.2, 0.25) is 0 Å². The molecule has 1 aliphatic carbocycles. The van der Waals surface area contributed by atoms with Gasteiger partial charge >= 0.3 is 12.2 Å². The molecule has 2 aromatic carbocycles. The van der Waals surface area contributed by atoms with Gasteiger partial charge in [-0.15, -0.1) is 12.4 Å². The molecule has 0 radical (unpaired) electrons. The van der Waals surface area contributed by atoms with Gasteiger partial charge in [0.1, 0.15) is 0 Å². The van der Waals surface area contributed by atoms with Gasteiger partial charge < -0.3 is 24.6 Å². The predicted molar refractivity (Wildman–Crippen MR) is 150 cm³/mol. The molecule has 2 fully saturated rings. The summed E-state index contributed by atoms with van der Waals surface area (Å²) < 4.78 is 51.0. The highest BCUT2D eigenvalue weighted by atomic mass is 35.5. The quantitative estimate of drug-likeness (QED) is 0.386. The van der Waals surface area contributed by atoms with Gasteiger partial charge in [-0.1, -0.05) is 17.7 Å². The molecule has 3 atom stereocenters. The minimum Gasteiger partial charge on any atom is -0.493 e. The number of nitrogens with zero attached hydrogens (tertiary/aromatic N) is 2. The first-order valence-corrected chi connectivity index (χ1v) is 13.2. The van der Waals surface area contributed by atoms with Crippen molar-refractivity contribution >= 4 is 35.7 Å². The molecule has 2 aromatic rings. The number of benzene rings is 2. The number of anilines is 1. The second-order valence-electron chi connectivity index (χ2n) is 10.5. The van der Waals surface area contributed by atoms with Crippen molar-refractivity contribution < 1.29 is 27.4 Å². The number of hydrogen-bond donors (Lipinski definition) is 1. The fourth-order valence-corrected chi connectivity index (χ4v) is 6.55. The van der Waals surface area contributed by atoms with Crippen molar-refractivity contribution in [1.82, 2.24) is 9.80 Å². The van der Waals surface area contributed by atoms with Crippen molar-refractivity contribution in [2.75, 3.05) is 33.1 Å². The maximum atomic E-state index is 13.4. The number of halogens is 5. The number of nitrogens with one attached hydrogen (secondary N) is 1. The number of amides is 2. The summed E-state index contributed by atoms with van der Waals surface area (Å²) in [5.41, 5.74) is 0.204. The summed E-state index contributed by atoms with van der Waals surface area (Å²) in [6, 6.07) is 9.12. The molecule has 0 aromatic heterocycles. The molecule has 216 valence electrons. The van der Waals surface area contributed by atoms with Crippen LogP contribution in [0.1, 0.15) is 50.7 Å². The average Bonchev–Trinajstić information content (AvgIpc) is 3.21. The van der Waals surface area contributed by atoms with Gasteiger partial charge in [0, 0.05) is 29.2 Å². The van der Waals surface area contributed by atoms with E-state index in [0.717, 1.165) is 44.4 Å². The van der Waals surface area contributed by atoms with E-state index in [4.69, 9.17) is 21.1 Å². The van der Waals surface area contributed by atoms with Crippen LogP contribution in [0.3, 0.4) is 0 Å². The zero-order valence-corrected chi connectivity index (χ0v) is 24.3. The Labute approximate surface area is 239 Å². The lowest BCUT2D eigenvalue weighted by Gasteiger charge is -2.48. The minimum absolute atomic E-state index is 0. The number of methoxy groups -OCH3 is 2. The smallest absolute Gasteiger partial charge is 0.417 e. The lowest BCUT2D eigenvalue weighted by atomic mass is 9.64. The van der Waals surface area contributed by atoms with E-state index in [1.54, 1.807) is 19.1 Å². The Balaban J connectivity index is 0.00000420. The van der Waals surface area contributed by atoms with Crippen molar-refractivity contribution in [3.05, 3.63) is 52.5 Å². The number of likely N-dealkylation sites (N-methyl/N-ethyl adjacent to an activating group) is 1. The van der Waals surface area contributed by atoms with Crippen LogP contribution in [0, 0.1) is 0 Å². The molecule has 11 heteroatoms. The van der Waals surface area contributed by atoms with Crippen molar-refractivity contribution in [3.8, 4) is 11.5 Å². The second-order valence-corrected chi connectivity index (χ2v) is 10.9. The normalized spacial score (nSPS) is 23.1. The highest BCUT2D eigenvalue weighted by Gasteiger charge is 2.52. The maximum absolute atomic E-state index is 13.4. The van der Waals surface area contributed by atoms with Gasteiger partial charge in [0.15, 0.2) is 11.5 Å². The lowest BCUT2D eigenvalue weighted by molar-refractivity contribution is -0.137. The van der Waals surface area contributed by atoms with E-state index in [2.05, 4.69) is 29.4 Å². The molecule has 0 spiro atoms. The third-order valence-corrected chi connectivity index (χ3v) is 8.49. The van der Waals surface area contributed by atoms with Crippen LogP contribution < -0.4 is 14.8 Å². The largest absolute Gasteiger partial charge is 0.493 e. The standard InChI is InChI=1S/C28H35ClF3N3O3.ClH/c1-17(2)35(26(36)33-19-7-8-22(29)21(15-19)28(30,31)32)20-10-11-27(12-13-34(3)25(27)16-20)18-6-9-23(37-4)24(14-18)38-5;/h6-9,14-15,17,20,25H,10-13,16H2,1-5H3,(H,33,36);1H/t20-,25+,27+;/m1./s1. The Morgan fingerprint density at radius 3 is 2.44 bits per heavy atom. The molecule has 39 heavy (non-hydrogen) atoms. The summed E-state index contributed by atoms with van der Waals surface area (Å²) in [4.78, 5) is 17.6. The monoisotopic (exact) mass is 589 g/mol. The molecule has 6 nitrogen and oxygen atoms in total. The van der Waals surface area contributed by atoms with Crippen molar-refractivity contribution in [1.29, 1.82) is 0 Å². The Bertz CT molecular complexity index is 1180. The highest BCUT2D eigenvalue weighted by Crippen LogP contribution is 2.51. The topological polar surface area (TPSA) is 54.0 Å². The molecule has 2 amide bonds. The van der Waals surface area contributed by atoms with Crippen molar-refractivity contribution in [2.24, 2.45) is 0 Å². The van der Waals surface area contributed by atoms with E-state index in [0.29, 0.717) is 11.5 Å². The minimum atomic E-state index is -4.61. The van der Waals surface area contributed by atoms with Crippen LogP contribution in [0.4, 0.5) is 23.7 Å². The van der Waals surface area contributed by atoms with Gasteiger partial charge in [0.05, 0.1) is 24.8 Å². The summed E-state index contributed by atoms with van der Waals surface area (Å²) in [6.45, 7) is 4.79. The fourth-order valence-electron chi connectivity index (χ4n) is 6.33. The molecule has 4 rings (SSSR count). The summed E-state index contributed by atoms with van der Waals surface area (Å²) in [6.07, 6.45) is -1.21. The number of urea groups is 1. The third-order valence-electron chi connectivity index (χ3n) is 8.17. The first-order chi connectivity index (χ1) is 17.9. The van der Waals surface area contributed by atoms with Gasteiger partial charge in [-0.3, -0.25) is 0 Å². The molecule has 1 aliphatic heterocycles. The van der Waals surface area contributed by atoms with Crippen LogP contribution >= 0.6 is 24.0 Å². The van der Waals surface area contributed by atoms with Gasteiger partial charge in [-0.2, -0.15) is 13.2 Å². The van der Waals surface area contributed by atoms with Gasteiger partial charge in [0.25, 0.3) is 0 Å². The number of fused-ring (bicyclic) bond motifs is 1. The lowest BCUT2D eigenvalue weighted by Crippen LogP contribution is -2.55. The highest BCUT2D eigenvalue weighted by molar-refractivity contribution is 6.31. The number of carbonyl (C=O) groups is 1. The van der Waals surface area contributed by atoms with E-state index in [-0.39, 0.29) is 41.6 Å². The van der Waals surface area contributed by atoms with Gasteiger partial charge in [-0.05, 0) is 89.0 Å². The first kappa shape index (κ1) is 31.2. The van der Waals surface area contributed by atoms with E-state index in [1.807, 2.05) is 19.9 Å². The van der Waals surface area contributed by atoms with Crippen LogP contribution in [0.2, 0.25) is 5.02 Å². The third kappa shape index (κ3) is 6.05. The first-order valence-electron chi connectivity index (χ1n) is 12.8. The number of carbonyl (C=O) groups excluding carboxylic acids is 1. The Hall–Kier alpha value is -2.36. The fraction of sp³-hybridized carbons (Fsp3) is 0.536. The number of ether oxygens (including phenoxy) is 2. The molecule has 1 N–H and O–H groups in total. The van der Waals surface area contributed by atoms with Crippen molar-refractivity contribution in [3.63, 3.8) is 0 Å². The van der Waals surface area contributed by atoms with E-state index < -0.39 is 22.8 Å². The van der Waals surface area contributed by atoms with Crippen LogP contribution in [0.15, 0.2) is 36.4 Å². The molecule has 0 bridgehead atoms. The molecule has 1 saturated carbocycles. The summed E-state index contributed by atoms with van der Waals surface area (Å²) >= 11 is 5.75. The van der Waals surface area contributed by atoms with Gasteiger partial charge in [-0.25, -0.2) is 4.79 Å². The SMILES string of the molecule is COc1ccc([C@@]23CC[C@@H](N(C(=O)Nc4ccc(Cl)c(C(F)(F)F)c4)C(C)C)C[C@@H]2N(C)CC3)cc1OC.Cl. The van der Waals surface area contributed by atoms with E-state index in [1.165, 1.54) is 11.6 Å². The zero-order chi connectivity index (χ0) is 27.8. The Morgan fingerprint density at radius 2 is 1.82 bits per heavy atom. The average molecular weight is 591 g/mol. The second kappa shape index (κ2) is 12.0. The maximum Gasteiger partial charge on any atom is 0.417 e. The zero-order valence-electron chi connectivity index (χ0n) is 22.8. The predicted octanol–water partition coefficient (Wildman–Crippen LogP) is 7.23. The molecule has 1 saturated heterocycles. The number of hydrogen-bond acceptors (Lipinski definition) is 4. The van der Waals surface area contributed by atoms with Crippen LogP contribution in [0.25, 0.3) is 0 Å². The van der Waals surface area contributed by atoms with E-state index in [9.17, 15) is 18.0 Å². The number of rotatable bonds is 6. The summed E-state index contributed by atoms with van der Waals surface area (Å²) in [7, 11) is 5.36. The van der Waals surface area contributed by atoms with E-state index >= 15 is 0 Å². The molecular weight excluding hydrogens is 554 g/mol. The number of alkyl halides is 3. The van der Waals surface area contributed by atoms with Crippen LogP contribution in [0.5, 0.6) is 11.5 Å². The molecule has 1 heterocycles. The molecule has 2 aliphatic rings. The Morgan fingerprint density at radius 1 is 1.13 bits per heavy atom. The van der Waals surface area contributed by atoms with Crippen molar-refractivity contribution in [2.45, 2.75) is 69.2 Å².